The Morgan fingerprint density at radius 1 is 1.53 bits per heavy atom. The van der Waals surface area contributed by atoms with E-state index in [0.717, 1.165) is 0 Å². The van der Waals surface area contributed by atoms with Crippen molar-refractivity contribution in [1.29, 1.82) is 0 Å². The van der Waals surface area contributed by atoms with Crippen molar-refractivity contribution in [3.8, 4) is 0 Å². The minimum atomic E-state index is -0.611. The summed E-state index contributed by atoms with van der Waals surface area (Å²) >= 11 is 0. The van der Waals surface area contributed by atoms with E-state index in [1.807, 2.05) is 0 Å². The van der Waals surface area contributed by atoms with E-state index in [1.54, 1.807) is 7.11 Å². The van der Waals surface area contributed by atoms with E-state index in [0.29, 0.717) is 6.42 Å². The first-order valence-corrected chi connectivity index (χ1v) is 4.71. The number of hydrogen-bond acceptors (Lipinski definition) is 5. The molecule has 0 N–H and O–H groups in total. The summed E-state index contributed by atoms with van der Waals surface area (Å²) in [6, 6.07) is 0. The number of hydrogen-bond donors (Lipinski definition) is 0. The fraction of sp³-hybridized carbons (Fsp3) is 0.700. The van der Waals surface area contributed by atoms with Crippen LogP contribution in [0.4, 0.5) is 0 Å². The number of ether oxygens (including phenoxy) is 4. The first-order valence-electron chi connectivity index (χ1n) is 4.71. The maximum atomic E-state index is 11.4. The summed E-state index contributed by atoms with van der Waals surface area (Å²) in [5, 5.41) is 0. The average Bonchev–Trinajstić information content (AvgIpc) is 2.68. The minimum absolute atomic E-state index is 0.188. The van der Waals surface area contributed by atoms with E-state index in [1.165, 1.54) is 13.2 Å². The van der Waals surface area contributed by atoms with Gasteiger partial charge in [0.25, 0.3) is 0 Å². The van der Waals surface area contributed by atoms with E-state index in [4.69, 9.17) is 18.9 Å². The van der Waals surface area contributed by atoms with Gasteiger partial charge in [0.1, 0.15) is 12.7 Å². The minimum Gasteiger partial charge on any atom is -0.460 e. The lowest BCUT2D eigenvalue weighted by molar-refractivity contribution is -0.177. The quantitative estimate of drug-likeness (QED) is 0.494. The molecule has 1 aliphatic heterocycles. The molecular weight excluding hydrogens is 200 g/mol. The second kappa shape index (κ2) is 5.85. The molecule has 0 bridgehead atoms. The lowest BCUT2D eigenvalue weighted by atomic mass is 10.2. The summed E-state index contributed by atoms with van der Waals surface area (Å²) < 4.78 is 20.3. The second-order valence-corrected chi connectivity index (χ2v) is 3.16. The van der Waals surface area contributed by atoms with Gasteiger partial charge in [-0.1, -0.05) is 12.7 Å². The molecule has 0 aromatic rings. The maximum Gasteiger partial charge on any atom is 0.335 e. The van der Waals surface area contributed by atoms with Crippen LogP contribution >= 0.6 is 0 Å². The van der Waals surface area contributed by atoms with Gasteiger partial charge in [-0.15, -0.1) is 0 Å². The van der Waals surface area contributed by atoms with Gasteiger partial charge in [-0.25, -0.2) is 4.79 Å². The Morgan fingerprint density at radius 2 is 2.27 bits per heavy atom. The molecule has 5 nitrogen and oxygen atoms in total. The number of carbonyl (C=O) groups excluding carboxylic acids is 1. The van der Waals surface area contributed by atoms with Gasteiger partial charge in [0.2, 0.25) is 0 Å². The Morgan fingerprint density at radius 3 is 2.73 bits per heavy atom. The molecule has 0 aliphatic carbocycles. The third-order valence-electron chi connectivity index (χ3n) is 2.19. The molecule has 1 heterocycles. The van der Waals surface area contributed by atoms with Crippen molar-refractivity contribution >= 4 is 5.97 Å². The number of methoxy groups -OCH3 is 2. The van der Waals surface area contributed by atoms with Crippen LogP contribution in [-0.4, -0.2) is 45.3 Å². The van der Waals surface area contributed by atoms with Crippen LogP contribution in [0.25, 0.3) is 0 Å². The van der Waals surface area contributed by atoms with Crippen molar-refractivity contribution in [3.63, 3.8) is 0 Å². The van der Waals surface area contributed by atoms with Crippen molar-refractivity contribution in [2.24, 2.45) is 0 Å². The van der Waals surface area contributed by atoms with Crippen LogP contribution in [0.3, 0.4) is 0 Å². The van der Waals surface area contributed by atoms with Crippen LogP contribution in [0.1, 0.15) is 6.42 Å². The fourth-order valence-electron chi connectivity index (χ4n) is 1.43. The molecule has 1 rings (SSSR count). The highest BCUT2D eigenvalue weighted by Gasteiger charge is 2.40. The highest BCUT2D eigenvalue weighted by atomic mass is 16.7. The standard InChI is InChI=1S/C10H16O5/c1-4-5-14-9(11)7-6-8(12-2)10(13-3)15-7/h4,7-8,10H,1,5-6H2,2-3H3/t7-,8+,10+/m1/s1. The molecule has 0 spiro atoms. The Labute approximate surface area is 88.9 Å². The van der Waals surface area contributed by atoms with Gasteiger partial charge in [0.05, 0.1) is 0 Å². The van der Waals surface area contributed by atoms with Gasteiger partial charge in [-0.3, -0.25) is 0 Å². The fourth-order valence-corrected chi connectivity index (χ4v) is 1.43. The summed E-state index contributed by atoms with van der Waals surface area (Å²) in [6.45, 7) is 3.64. The topological polar surface area (TPSA) is 54.0 Å². The maximum absolute atomic E-state index is 11.4. The SMILES string of the molecule is C=CCOC(=O)[C@H]1C[C@H](OC)[C@@H](OC)O1. The van der Waals surface area contributed by atoms with E-state index in [9.17, 15) is 4.79 Å². The molecule has 0 saturated carbocycles. The van der Waals surface area contributed by atoms with Gasteiger partial charge < -0.3 is 18.9 Å². The monoisotopic (exact) mass is 216 g/mol. The predicted molar refractivity (Wildman–Crippen MR) is 52.2 cm³/mol. The Kier molecular flexibility index (Phi) is 4.74. The van der Waals surface area contributed by atoms with Gasteiger partial charge in [0.15, 0.2) is 12.4 Å². The van der Waals surface area contributed by atoms with Gasteiger partial charge in [0, 0.05) is 20.6 Å². The van der Waals surface area contributed by atoms with E-state index >= 15 is 0 Å². The first-order chi connectivity index (χ1) is 7.22. The molecule has 1 saturated heterocycles. The largest absolute Gasteiger partial charge is 0.460 e. The predicted octanol–water partition coefficient (Wildman–Crippen LogP) is 0.492. The molecule has 0 aromatic carbocycles. The zero-order valence-electron chi connectivity index (χ0n) is 8.97. The summed E-state index contributed by atoms with van der Waals surface area (Å²) in [6.07, 6.45) is 0.617. The molecule has 1 fully saturated rings. The zero-order valence-corrected chi connectivity index (χ0v) is 8.97. The lowest BCUT2D eigenvalue weighted by Crippen LogP contribution is -2.25. The Bertz CT molecular complexity index is 216. The van der Waals surface area contributed by atoms with Crippen LogP contribution in [0.5, 0.6) is 0 Å². The van der Waals surface area contributed by atoms with Crippen LogP contribution < -0.4 is 0 Å². The summed E-state index contributed by atoms with van der Waals surface area (Å²) in [5.74, 6) is -0.406. The second-order valence-electron chi connectivity index (χ2n) is 3.16. The third kappa shape index (κ3) is 3.02. The van der Waals surface area contributed by atoms with Crippen molar-refractivity contribution in [1.82, 2.24) is 0 Å². The van der Waals surface area contributed by atoms with Crippen molar-refractivity contribution in [2.75, 3.05) is 20.8 Å². The van der Waals surface area contributed by atoms with Crippen LogP contribution in [-0.2, 0) is 23.7 Å². The highest BCUT2D eigenvalue weighted by molar-refractivity contribution is 5.75. The van der Waals surface area contributed by atoms with Gasteiger partial charge in [-0.05, 0) is 0 Å². The Hall–Kier alpha value is -0.910. The molecular formula is C10H16O5. The van der Waals surface area contributed by atoms with Crippen LogP contribution in [0.15, 0.2) is 12.7 Å². The van der Waals surface area contributed by atoms with Crippen LogP contribution in [0, 0.1) is 0 Å². The van der Waals surface area contributed by atoms with E-state index < -0.39 is 18.4 Å². The smallest absolute Gasteiger partial charge is 0.335 e. The molecule has 3 atom stereocenters. The number of carbonyl (C=O) groups is 1. The van der Waals surface area contributed by atoms with Crippen LogP contribution in [0.2, 0.25) is 0 Å². The number of esters is 1. The molecule has 1 aliphatic rings. The average molecular weight is 216 g/mol. The zero-order chi connectivity index (χ0) is 11.3. The molecule has 0 amide bonds. The molecule has 86 valence electrons. The third-order valence-corrected chi connectivity index (χ3v) is 2.19. The molecule has 0 aromatic heterocycles. The van der Waals surface area contributed by atoms with Crippen molar-refractivity contribution < 1.29 is 23.7 Å². The molecule has 15 heavy (non-hydrogen) atoms. The molecule has 0 unspecified atom stereocenters. The highest BCUT2D eigenvalue weighted by Crippen LogP contribution is 2.24. The molecule has 0 radical (unpaired) electrons. The number of rotatable bonds is 5. The lowest BCUT2D eigenvalue weighted by Gasteiger charge is -2.14. The van der Waals surface area contributed by atoms with E-state index in [-0.39, 0.29) is 12.7 Å². The molecule has 5 heteroatoms. The van der Waals surface area contributed by atoms with E-state index in [2.05, 4.69) is 6.58 Å². The summed E-state index contributed by atoms with van der Waals surface area (Å²) in [7, 11) is 3.06. The summed E-state index contributed by atoms with van der Waals surface area (Å²) in [5.41, 5.74) is 0. The normalized spacial score (nSPS) is 30.1. The summed E-state index contributed by atoms with van der Waals surface area (Å²) in [4.78, 5) is 11.4. The van der Waals surface area contributed by atoms with Crippen molar-refractivity contribution in [2.45, 2.75) is 24.9 Å². The van der Waals surface area contributed by atoms with Crippen molar-refractivity contribution in [3.05, 3.63) is 12.7 Å². The van der Waals surface area contributed by atoms with Gasteiger partial charge >= 0.3 is 5.97 Å². The van der Waals surface area contributed by atoms with Gasteiger partial charge in [-0.2, -0.15) is 0 Å². The first kappa shape index (κ1) is 12.2. The Balaban J connectivity index is 2.45.